The molecule has 0 aliphatic carbocycles. The van der Waals surface area contributed by atoms with E-state index in [2.05, 4.69) is 26.3 Å². The molecule has 0 fully saturated rings. The van der Waals surface area contributed by atoms with Gasteiger partial charge in [0.05, 0.1) is 16.2 Å². The fourth-order valence-electron chi connectivity index (χ4n) is 1.62. The second-order valence-corrected chi connectivity index (χ2v) is 4.35. The molecule has 5 heteroatoms. The van der Waals surface area contributed by atoms with Crippen LogP contribution in [0.15, 0.2) is 47.1 Å². The average molecular weight is 296 g/mol. The Hall–Kier alpha value is -1.30. The molecule has 1 aromatic heterocycles. The number of nitrogens with one attached hydrogen (secondary N) is 1. The van der Waals surface area contributed by atoms with E-state index in [9.17, 15) is 4.39 Å². The van der Waals surface area contributed by atoms with Gasteiger partial charge in [0.15, 0.2) is 0 Å². The molecule has 88 valence electrons. The first-order valence-corrected chi connectivity index (χ1v) is 5.84. The monoisotopic (exact) mass is 295 g/mol. The maximum absolute atomic E-state index is 14.0. The molecule has 1 atom stereocenters. The van der Waals surface area contributed by atoms with Gasteiger partial charge >= 0.3 is 0 Å². The third-order valence-electron chi connectivity index (χ3n) is 2.44. The van der Waals surface area contributed by atoms with Gasteiger partial charge in [0.2, 0.25) is 0 Å². The molecule has 2 rings (SSSR count). The molecule has 0 saturated carbocycles. The zero-order valence-corrected chi connectivity index (χ0v) is 10.5. The third kappa shape index (κ3) is 2.52. The lowest BCUT2D eigenvalue weighted by atomic mass is 10.0. The Balaban J connectivity index is 2.46. The van der Waals surface area contributed by atoms with Gasteiger partial charge in [0.1, 0.15) is 5.82 Å². The third-order valence-corrected chi connectivity index (χ3v) is 3.06. The minimum Gasteiger partial charge on any atom is -0.271 e. The number of nitrogens with zero attached hydrogens (tertiary/aromatic N) is 1. The van der Waals surface area contributed by atoms with Crippen molar-refractivity contribution in [1.82, 2.24) is 10.4 Å². The van der Waals surface area contributed by atoms with Crippen LogP contribution in [0.3, 0.4) is 0 Å². The van der Waals surface area contributed by atoms with Crippen molar-refractivity contribution in [2.24, 2.45) is 5.84 Å². The number of benzene rings is 1. The van der Waals surface area contributed by atoms with Gasteiger partial charge in [-0.15, -0.1) is 0 Å². The summed E-state index contributed by atoms with van der Waals surface area (Å²) in [6.07, 6.45) is 1.65. The minimum atomic E-state index is -0.464. The Morgan fingerprint density at radius 1 is 1.24 bits per heavy atom. The number of pyridine rings is 1. The lowest BCUT2D eigenvalue weighted by Crippen LogP contribution is -2.30. The molecule has 0 bridgehead atoms. The van der Waals surface area contributed by atoms with E-state index in [0.717, 1.165) is 0 Å². The molecule has 0 spiro atoms. The maximum atomic E-state index is 14.0. The topological polar surface area (TPSA) is 50.9 Å². The Labute approximate surface area is 107 Å². The molecule has 0 saturated heterocycles. The van der Waals surface area contributed by atoms with E-state index in [1.54, 1.807) is 36.5 Å². The van der Waals surface area contributed by atoms with E-state index in [0.29, 0.717) is 15.7 Å². The average Bonchev–Trinajstić information content (AvgIpc) is 2.37. The second-order valence-electron chi connectivity index (χ2n) is 3.50. The van der Waals surface area contributed by atoms with E-state index in [1.807, 2.05) is 6.07 Å². The number of rotatable bonds is 3. The first kappa shape index (κ1) is 12.2. The summed E-state index contributed by atoms with van der Waals surface area (Å²) in [7, 11) is 0. The predicted octanol–water partition coefficient (Wildman–Crippen LogP) is 2.54. The summed E-state index contributed by atoms with van der Waals surface area (Å²) < 4.78 is 14.4. The summed E-state index contributed by atoms with van der Waals surface area (Å²) in [5, 5.41) is 0. The summed E-state index contributed by atoms with van der Waals surface area (Å²) in [5.74, 6) is 5.15. The standard InChI is InChI=1S/C12H11BrFN3/c13-9-5-3-4-8(11(9)14)12(17-15)10-6-1-2-7-16-10/h1-7,12,17H,15H2. The van der Waals surface area contributed by atoms with Crippen LogP contribution < -0.4 is 11.3 Å². The lowest BCUT2D eigenvalue weighted by Gasteiger charge is -2.16. The summed E-state index contributed by atoms with van der Waals surface area (Å²) in [6, 6.07) is 10.1. The summed E-state index contributed by atoms with van der Waals surface area (Å²) in [4.78, 5) is 4.17. The van der Waals surface area contributed by atoms with Crippen molar-refractivity contribution in [3.8, 4) is 0 Å². The van der Waals surface area contributed by atoms with E-state index in [1.165, 1.54) is 0 Å². The number of hydrazine groups is 1. The van der Waals surface area contributed by atoms with Gasteiger partial charge in [-0.05, 0) is 34.1 Å². The van der Waals surface area contributed by atoms with Crippen LogP contribution in [0.25, 0.3) is 0 Å². The van der Waals surface area contributed by atoms with Crippen molar-refractivity contribution in [1.29, 1.82) is 0 Å². The van der Waals surface area contributed by atoms with Crippen molar-refractivity contribution in [3.63, 3.8) is 0 Å². The molecule has 0 radical (unpaired) electrons. The van der Waals surface area contributed by atoms with Gasteiger partial charge in [0.25, 0.3) is 0 Å². The summed E-state index contributed by atoms with van der Waals surface area (Å²) >= 11 is 3.15. The summed E-state index contributed by atoms with van der Waals surface area (Å²) in [5.41, 5.74) is 3.71. The fraction of sp³-hybridized carbons (Fsp3) is 0.0833. The van der Waals surface area contributed by atoms with E-state index in [4.69, 9.17) is 5.84 Å². The number of nitrogens with two attached hydrogens (primary N) is 1. The molecule has 0 aliphatic rings. The van der Waals surface area contributed by atoms with Crippen LogP contribution in [0.2, 0.25) is 0 Å². The van der Waals surface area contributed by atoms with Crippen LogP contribution in [0.4, 0.5) is 4.39 Å². The smallest absolute Gasteiger partial charge is 0.142 e. The molecule has 3 N–H and O–H groups in total. The Morgan fingerprint density at radius 3 is 2.71 bits per heavy atom. The molecule has 1 aromatic carbocycles. The van der Waals surface area contributed by atoms with Crippen LogP contribution >= 0.6 is 15.9 Å². The Morgan fingerprint density at radius 2 is 2.06 bits per heavy atom. The van der Waals surface area contributed by atoms with E-state index < -0.39 is 6.04 Å². The normalized spacial score (nSPS) is 12.4. The van der Waals surface area contributed by atoms with Crippen LogP contribution in [0.1, 0.15) is 17.3 Å². The molecule has 0 amide bonds. The van der Waals surface area contributed by atoms with Crippen molar-refractivity contribution in [2.75, 3.05) is 0 Å². The van der Waals surface area contributed by atoms with Crippen LogP contribution in [-0.4, -0.2) is 4.98 Å². The van der Waals surface area contributed by atoms with Crippen molar-refractivity contribution in [3.05, 3.63) is 64.1 Å². The molecule has 1 unspecified atom stereocenters. The number of hydrogen-bond acceptors (Lipinski definition) is 3. The first-order valence-electron chi connectivity index (χ1n) is 5.05. The SMILES string of the molecule is NNC(c1ccccn1)c1cccc(Br)c1F. The number of halogens is 2. The zero-order valence-electron chi connectivity index (χ0n) is 8.90. The minimum absolute atomic E-state index is 0.332. The second kappa shape index (κ2) is 5.35. The van der Waals surface area contributed by atoms with Gasteiger partial charge in [0, 0.05) is 11.8 Å². The molecule has 0 aliphatic heterocycles. The number of hydrogen-bond donors (Lipinski definition) is 2. The molecular weight excluding hydrogens is 285 g/mol. The van der Waals surface area contributed by atoms with E-state index >= 15 is 0 Å². The van der Waals surface area contributed by atoms with Gasteiger partial charge in [-0.2, -0.15) is 0 Å². The van der Waals surface area contributed by atoms with Crippen molar-refractivity contribution < 1.29 is 4.39 Å². The Kier molecular flexibility index (Phi) is 3.83. The predicted molar refractivity (Wildman–Crippen MR) is 67.5 cm³/mol. The molecule has 2 aromatic rings. The molecule has 17 heavy (non-hydrogen) atoms. The zero-order chi connectivity index (χ0) is 12.3. The van der Waals surface area contributed by atoms with Crippen LogP contribution in [0.5, 0.6) is 0 Å². The van der Waals surface area contributed by atoms with Gasteiger partial charge in [-0.3, -0.25) is 10.8 Å². The number of aromatic nitrogens is 1. The van der Waals surface area contributed by atoms with E-state index in [-0.39, 0.29) is 5.82 Å². The largest absolute Gasteiger partial charge is 0.271 e. The molecule has 3 nitrogen and oxygen atoms in total. The molecular formula is C12H11BrFN3. The highest BCUT2D eigenvalue weighted by Gasteiger charge is 2.18. The maximum Gasteiger partial charge on any atom is 0.142 e. The van der Waals surface area contributed by atoms with Gasteiger partial charge in [-0.25, -0.2) is 9.82 Å². The van der Waals surface area contributed by atoms with Gasteiger partial charge < -0.3 is 0 Å². The van der Waals surface area contributed by atoms with Crippen molar-refractivity contribution >= 4 is 15.9 Å². The summed E-state index contributed by atoms with van der Waals surface area (Å²) in [6.45, 7) is 0. The van der Waals surface area contributed by atoms with Crippen LogP contribution in [-0.2, 0) is 0 Å². The fourth-order valence-corrected chi connectivity index (χ4v) is 2.01. The Bertz CT molecular complexity index is 504. The first-order chi connectivity index (χ1) is 8.24. The van der Waals surface area contributed by atoms with Gasteiger partial charge in [-0.1, -0.05) is 18.2 Å². The van der Waals surface area contributed by atoms with Crippen molar-refractivity contribution in [2.45, 2.75) is 6.04 Å². The quantitative estimate of drug-likeness (QED) is 0.676. The van der Waals surface area contributed by atoms with Crippen LogP contribution in [0, 0.1) is 5.82 Å². The highest BCUT2D eigenvalue weighted by molar-refractivity contribution is 9.10. The highest BCUT2D eigenvalue weighted by atomic mass is 79.9. The lowest BCUT2D eigenvalue weighted by molar-refractivity contribution is 0.549. The highest BCUT2D eigenvalue weighted by Crippen LogP contribution is 2.26. The molecule has 1 heterocycles.